The number of ether oxygens (including phenoxy) is 2. The summed E-state index contributed by atoms with van der Waals surface area (Å²) in [6.07, 6.45) is 2.94. The van der Waals surface area contributed by atoms with E-state index < -0.39 is 0 Å². The Bertz CT molecular complexity index is 1290. The van der Waals surface area contributed by atoms with E-state index in [1.807, 2.05) is 62.8 Å². The zero-order chi connectivity index (χ0) is 23.5. The first-order valence-corrected chi connectivity index (χ1v) is 11.3. The van der Waals surface area contributed by atoms with Crippen LogP contribution in [0.25, 0.3) is 33.7 Å². The van der Waals surface area contributed by atoms with E-state index in [4.69, 9.17) is 25.6 Å². The van der Waals surface area contributed by atoms with E-state index in [0.717, 1.165) is 22.0 Å². The number of aromatic nitrogens is 3. The number of rotatable bonds is 8. The molecule has 0 amide bonds. The van der Waals surface area contributed by atoms with Crippen molar-refractivity contribution in [3.05, 3.63) is 53.2 Å². The number of fused-ring (bicyclic) bond motifs is 1. The Morgan fingerprint density at radius 2 is 2.03 bits per heavy atom. The molecule has 4 rings (SSSR count). The van der Waals surface area contributed by atoms with Gasteiger partial charge in [0.25, 0.3) is 5.89 Å². The molecular weight excluding hydrogens is 442 g/mol. The smallest absolute Gasteiger partial charge is 0.306 e. The van der Waals surface area contributed by atoms with Gasteiger partial charge in [0.2, 0.25) is 5.82 Å². The quantitative estimate of drug-likeness (QED) is 0.303. The Kier molecular flexibility index (Phi) is 6.70. The normalized spacial score (nSPS) is 11.3. The minimum atomic E-state index is -0.197. The number of halogens is 1. The molecule has 33 heavy (non-hydrogen) atoms. The predicted molar refractivity (Wildman–Crippen MR) is 127 cm³/mol. The largest absolute Gasteiger partial charge is 0.489 e. The van der Waals surface area contributed by atoms with Crippen molar-refractivity contribution in [3.8, 4) is 28.6 Å². The SMILES string of the molecule is CCOC(=O)CCc1ccc(-c2noc(-c3ccc(OC(C)C)c(Cl)c3)n2)c2c1ccn2C. The third kappa shape index (κ3) is 4.88. The van der Waals surface area contributed by atoms with Gasteiger partial charge in [-0.25, -0.2) is 0 Å². The van der Waals surface area contributed by atoms with E-state index in [1.165, 1.54) is 0 Å². The van der Waals surface area contributed by atoms with Crippen LogP contribution in [-0.4, -0.2) is 33.4 Å². The molecule has 172 valence electrons. The molecule has 2 aromatic carbocycles. The van der Waals surface area contributed by atoms with Crippen LogP contribution in [0.1, 0.15) is 32.8 Å². The lowest BCUT2D eigenvalue weighted by molar-refractivity contribution is -0.143. The average molecular weight is 468 g/mol. The summed E-state index contributed by atoms with van der Waals surface area (Å²) in [6.45, 7) is 6.09. The summed E-state index contributed by atoms with van der Waals surface area (Å²) in [5.41, 5.74) is 3.60. The molecule has 0 saturated heterocycles. The maximum absolute atomic E-state index is 11.8. The zero-order valence-electron chi connectivity index (χ0n) is 19.1. The summed E-state index contributed by atoms with van der Waals surface area (Å²) in [7, 11) is 1.97. The molecule has 0 fully saturated rings. The summed E-state index contributed by atoms with van der Waals surface area (Å²) in [5, 5.41) is 5.74. The van der Waals surface area contributed by atoms with E-state index in [-0.39, 0.29) is 12.1 Å². The second kappa shape index (κ2) is 9.67. The fraction of sp³-hybridized carbons (Fsp3) is 0.320. The maximum Gasteiger partial charge on any atom is 0.306 e. The van der Waals surface area contributed by atoms with Gasteiger partial charge in [0.05, 0.1) is 23.3 Å². The van der Waals surface area contributed by atoms with Crippen LogP contribution in [0, 0.1) is 0 Å². The van der Waals surface area contributed by atoms with Crippen molar-refractivity contribution < 1.29 is 18.8 Å². The van der Waals surface area contributed by atoms with Gasteiger partial charge in [-0.15, -0.1) is 0 Å². The zero-order valence-corrected chi connectivity index (χ0v) is 19.8. The van der Waals surface area contributed by atoms with Gasteiger partial charge in [-0.3, -0.25) is 4.79 Å². The number of benzene rings is 2. The van der Waals surface area contributed by atoms with Gasteiger partial charge < -0.3 is 18.6 Å². The van der Waals surface area contributed by atoms with Crippen molar-refractivity contribution in [1.82, 2.24) is 14.7 Å². The molecule has 8 heteroatoms. The lowest BCUT2D eigenvalue weighted by atomic mass is 10.0. The van der Waals surface area contributed by atoms with Crippen LogP contribution in [0.5, 0.6) is 5.75 Å². The van der Waals surface area contributed by atoms with Crippen LogP contribution in [-0.2, 0) is 23.0 Å². The Morgan fingerprint density at radius 1 is 1.21 bits per heavy atom. The van der Waals surface area contributed by atoms with Crippen molar-refractivity contribution in [2.24, 2.45) is 7.05 Å². The number of carbonyl (C=O) groups is 1. The Morgan fingerprint density at radius 3 is 2.76 bits per heavy atom. The van der Waals surface area contributed by atoms with Crippen LogP contribution < -0.4 is 4.74 Å². The first-order valence-electron chi connectivity index (χ1n) is 10.9. The molecule has 2 aromatic heterocycles. The van der Waals surface area contributed by atoms with Crippen LogP contribution in [0.2, 0.25) is 5.02 Å². The molecule has 0 radical (unpaired) electrons. The third-order valence-corrected chi connectivity index (χ3v) is 5.53. The molecule has 0 N–H and O–H groups in total. The van der Waals surface area contributed by atoms with Crippen LogP contribution in [0.4, 0.5) is 0 Å². The molecule has 0 aliphatic rings. The van der Waals surface area contributed by atoms with Crippen LogP contribution in [0.15, 0.2) is 47.1 Å². The predicted octanol–water partition coefficient (Wildman–Crippen LogP) is 5.83. The topological polar surface area (TPSA) is 79.4 Å². The highest BCUT2D eigenvalue weighted by Crippen LogP contribution is 2.34. The molecule has 0 bridgehead atoms. The lowest BCUT2D eigenvalue weighted by Crippen LogP contribution is -2.05. The Labute approximate surface area is 197 Å². The molecule has 0 unspecified atom stereocenters. The van der Waals surface area contributed by atoms with Crippen molar-refractivity contribution in [1.29, 1.82) is 0 Å². The fourth-order valence-corrected chi connectivity index (χ4v) is 4.00. The van der Waals surface area contributed by atoms with Gasteiger partial charge in [0, 0.05) is 36.2 Å². The number of nitrogens with zero attached hydrogens (tertiary/aromatic N) is 3. The van der Waals surface area contributed by atoms with E-state index in [1.54, 1.807) is 12.1 Å². The number of hydrogen-bond donors (Lipinski definition) is 0. The highest BCUT2D eigenvalue weighted by atomic mass is 35.5. The van der Waals surface area contributed by atoms with E-state index in [9.17, 15) is 4.79 Å². The van der Waals surface area contributed by atoms with E-state index in [2.05, 4.69) is 10.1 Å². The number of carbonyl (C=O) groups excluding carboxylic acids is 1. The van der Waals surface area contributed by atoms with Crippen LogP contribution in [0.3, 0.4) is 0 Å². The summed E-state index contributed by atoms with van der Waals surface area (Å²) >= 11 is 6.37. The highest BCUT2D eigenvalue weighted by Gasteiger charge is 2.18. The second-order valence-corrected chi connectivity index (χ2v) is 8.41. The summed E-state index contributed by atoms with van der Waals surface area (Å²) in [5.74, 6) is 1.26. The minimum Gasteiger partial charge on any atom is -0.489 e. The van der Waals surface area contributed by atoms with Crippen molar-refractivity contribution >= 4 is 28.5 Å². The lowest BCUT2D eigenvalue weighted by Gasteiger charge is -2.11. The van der Waals surface area contributed by atoms with E-state index >= 15 is 0 Å². The van der Waals surface area contributed by atoms with Gasteiger partial charge in [-0.05, 0) is 63.1 Å². The van der Waals surface area contributed by atoms with Gasteiger partial charge in [0.1, 0.15) is 5.75 Å². The van der Waals surface area contributed by atoms with Crippen LogP contribution >= 0.6 is 11.6 Å². The molecule has 0 aliphatic carbocycles. The minimum absolute atomic E-state index is 0.0244. The molecule has 7 nitrogen and oxygen atoms in total. The Balaban J connectivity index is 1.64. The number of aryl methyl sites for hydroxylation is 2. The Hall–Kier alpha value is -3.32. The number of hydrogen-bond acceptors (Lipinski definition) is 6. The molecule has 2 heterocycles. The van der Waals surface area contributed by atoms with Gasteiger partial charge >= 0.3 is 5.97 Å². The van der Waals surface area contributed by atoms with Gasteiger partial charge in [0.15, 0.2) is 0 Å². The molecule has 0 spiro atoms. The maximum atomic E-state index is 11.8. The monoisotopic (exact) mass is 467 g/mol. The first-order chi connectivity index (χ1) is 15.9. The first kappa shape index (κ1) is 22.9. The molecule has 0 saturated carbocycles. The second-order valence-electron chi connectivity index (χ2n) is 8.00. The molecular formula is C25H26ClN3O4. The summed E-state index contributed by atoms with van der Waals surface area (Å²) < 4.78 is 18.3. The van der Waals surface area contributed by atoms with Gasteiger partial charge in [-0.2, -0.15) is 4.98 Å². The number of esters is 1. The highest BCUT2D eigenvalue weighted by molar-refractivity contribution is 6.32. The molecule has 4 aromatic rings. The van der Waals surface area contributed by atoms with Crippen molar-refractivity contribution in [2.45, 2.75) is 39.7 Å². The molecule has 0 aliphatic heterocycles. The fourth-order valence-electron chi connectivity index (χ4n) is 3.78. The van der Waals surface area contributed by atoms with E-state index in [0.29, 0.717) is 47.5 Å². The van der Waals surface area contributed by atoms with Crippen molar-refractivity contribution in [2.75, 3.05) is 6.61 Å². The standard InChI is InChI=1S/C25H26ClN3O4/c1-5-31-22(30)11-8-16-6-9-19(23-18(16)12-13-29(23)4)24-27-25(33-28-24)17-7-10-21(20(26)14-17)32-15(2)3/h6-7,9-10,12-15H,5,8,11H2,1-4H3. The third-order valence-electron chi connectivity index (χ3n) is 5.24. The summed E-state index contributed by atoms with van der Waals surface area (Å²) in [6, 6.07) is 11.4. The molecule has 0 atom stereocenters. The van der Waals surface area contributed by atoms with Gasteiger partial charge in [-0.1, -0.05) is 22.8 Å². The average Bonchev–Trinajstić information content (AvgIpc) is 3.41. The van der Waals surface area contributed by atoms with Crippen molar-refractivity contribution in [3.63, 3.8) is 0 Å². The summed E-state index contributed by atoms with van der Waals surface area (Å²) in [4.78, 5) is 16.4.